The molecule has 0 amide bonds. The van der Waals surface area contributed by atoms with Crippen molar-refractivity contribution in [2.45, 2.75) is 314 Å². The van der Waals surface area contributed by atoms with Crippen molar-refractivity contribution in [2.24, 2.45) is 23.7 Å². The molecule has 78 heavy (non-hydrogen) atoms. The molecule has 0 aromatic heterocycles. The van der Waals surface area contributed by atoms with Gasteiger partial charge in [0.2, 0.25) is 0 Å². The molecule has 0 aromatic carbocycles. The van der Waals surface area contributed by atoms with Crippen LogP contribution < -0.4 is 0 Å². The highest BCUT2D eigenvalue weighted by Gasteiger charge is 2.70. The van der Waals surface area contributed by atoms with E-state index in [4.69, 9.17) is 71.1 Å². The van der Waals surface area contributed by atoms with Crippen LogP contribution in [0, 0.1) is 23.7 Å². The smallest absolute Gasteiger partial charge is 0.308 e. The van der Waals surface area contributed by atoms with Crippen molar-refractivity contribution in [3.8, 4) is 0 Å². The third-order valence-corrected chi connectivity index (χ3v) is 21.7. The number of hydrogen-bond acceptors (Lipinski definition) is 18. The quantitative estimate of drug-likeness (QED) is 0.244. The van der Waals surface area contributed by atoms with E-state index in [-0.39, 0.29) is 152 Å². The minimum absolute atomic E-state index is 0.00382. The van der Waals surface area contributed by atoms with E-state index >= 15 is 0 Å². The van der Waals surface area contributed by atoms with E-state index in [1.165, 1.54) is 6.92 Å². The lowest BCUT2D eigenvalue weighted by molar-refractivity contribution is -0.371. The van der Waals surface area contributed by atoms with Crippen molar-refractivity contribution in [2.75, 3.05) is 0 Å². The second-order valence-corrected chi connectivity index (χ2v) is 27.4. The van der Waals surface area contributed by atoms with Crippen molar-refractivity contribution in [3.63, 3.8) is 0 Å². The Morgan fingerprint density at radius 2 is 1.18 bits per heavy atom. The van der Waals surface area contributed by atoms with Crippen LogP contribution in [0.25, 0.3) is 0 Å². The van der Waals surface area contributed by atoms with E-state index in [1.54, 1.807) is 0 Å². The van der Waals surface area contributed by atoms with Gasteiger partial charge in [0.05, 0.1) is 116 Å². The molecule has 16 saturated heterocycles. The number of carbonyl (C=O) groups is 2. The normalized spacial score (nSPS) is 58.0. The van der Waals surface area contributed by atoms with Crippen LogP contribution in [-0.2, 0) is 80.6 Å². The Morgan fingerprint density at radius 1 is 0.513 bits per heavy atom. The molecule has 31 atom stereocenters. The Bertz CT molecular complexity index is 2370. The molecule has 1 unspecified atom stereocenters. The number of Topliss-reactive ketones (excluding diaryl/α,β-unsaturated/α-hetero) is 1. The number of aliphatic hydroxyl groups is 1. The topological polar surface area (TPSA) is 193 Å². The summed E-state index contributed by atoms with van der Waals surface area (Å²) in [5.41, 5.74) is 2.16. The molecule has 16 fully saturated rings. The molecule has 16 aliphatic rings. The molecule has 16 aliphatic heterocycles. The van der Waals surface area contributed by atoms with Gasteiger partial charge in [-0.3, -0.25) is 9.59 Å². The summed E-state index contributed by atoms with van der Waals surface area (Å²) < 4.78 is 104. The molecule has 18 heteroatoms. The van der Waals surface area contributed by atoms with E-state index in [2.05, 4.69) is 40.9 Å². The summed E-state index contributed by atoms with van der Waals surface area (Å²) in [6.45, 7) is 19.4. The molecule has 0 aromatic rings. The van der Waals surface area contributed by atoms with Crippen LogP contribution in [0.4, 0.5) is 0 Å². The third-order valence-electron chi connectivity index (χ3n) is 21.7. The zero-order chi connectivity index (χ0) is 53.3. The largest absolute Gasteiger partial charge is 0.459 e. The SMILES string of the molecule is C=C1C[C@@H]2CC[C@@]34C[C@@H]5O[C@@H]6C(O[C@H]7CC[C@H](CC(=O)O[C@@H]8[C@@H](C)[C@@H]9O[C@@H]%10C[C@]%11(C[C@@H]%12O[C@]%13(C[C@H](C)[C@@H]%14O[C@H](CC(C)=O)[C@H](O)C[C@@H]%14O%13)C[C@H](C)[C@@H]%12O%11)O[C@@H]%10C[C@@H]9O[C@H]8C[C@@H]8O[C@@H](CC[C@@H]1O2)C[C@@H](C)C8=C)O[C@@H]7[C@@H]6O3)[C@H]5O4. The predicted octanol–water partition coefficient (Wildman–Crippen LogP) is 6.16. The fourth-order valence-electron chi connectivity index (χ4n) is 18.1. The fraction of sp³-hybridized carbons (Fsp3) is 0.900. The third kappa shape index (κ3) is 9.03. The lowest BCUT2D eigenvalue weighted by atomic mass is 9.78. The molecule has 16 heterocycles. The van der Waals surface area contributed by atoms with Gasteiger partial charge in [0.15, 0.2) is 17.4 Å². The number of carbonyl (C=O) groups excluding carboxylic acids is 2. The van der Waals surface area contributed by atoms with Gasteiger partial charge in [-0.1, -0.05) is 40.9 Å². The Hall–Kier alpha value is -1.98. The van der Waals surface area contributed by atoms with Crippen LogP contribution in [0.3, 0.4) is 0 Å². The van der Waals surface area contributed by atoms with Crippen LogP contribution in [0.1, 0.15) is 150 Å². The monoisotopic (exact) mass is 1090 g/mol. The van der Waals surface area contributed by atoms with Crippen molar-refractivity contribution in [1.82, 2.24) is 0 Å². The van der Waals surface area contributed by atoms with Crippen molar-refractivity contribution < 1.29 is 85.7 Å². The molecular weight excluding hydrogens is 1010 g/mol. The first-order valence-corrected chi connectivity index (χ1v) is 30.5. The van der Waals surface area contributed by atoms with Crippen LogP contribution >= 0.6 is 0 Å². The van der Waals surface area contributed by atoms with Gasteiger partial charge in [0, 0.05) is 70.1 Å². The first kappa shape index (κ1) is 52.8. The standard InChI is InChI=1S/C60H84O18/c1-26-14-33-8-10-37-27(2)15-35(64-37)12-13-58-24-46-54(77-58)55-56(71-46)57(78-58)53-38(68-55)11-9-34(66-53)17-48(63)72-52-32(7)51-43(67-42(52)19-39(65-33)31(26)6)20-41-45(70-51)23-60(73-41)25-47-50(76-60)29(4)22-59(75-47)21-28(3)49-44(74-59)18-36(62)40(69-49)16-30(5)61/h26,28-29,32-47,49-57,62H,2,6,8-25H2,1,3-5,7H3/t26-,28+,29+,32+,33+,34-,35+,36-,37+,38+,39+,40-,41-,42+,43+,44+,45-,46+,47+,49+,50+,51+,52-,53+,54+,55?,56-,57+,58+,59-,60+/m1/s1. The number of ketones is 1. The number of aliphatic hydroxyl groups excluding tert-OH is 1. The Morgan fingerprint density at radius 3 is 2.03 bits per heavy atom. The molecule has 1 N–H and O–H groups in total. The zero-order valence-electron chi connectivity index (χ0n) is 46.2. The maximum absolute atomic E-state index is 14.6. The van der Waals surface area contributed by atoms with E-state index in [0.29, 0.717) is 64.2 Å². The lowest BCUT2D eigenvalue weighted by Crippen LogP contribution is -2.62. The molecule has 18 nitrogen and oxygen atoms in total. The summed E-state index contributed by atoms with van der Waals surface area (Å²) in [7, 11) is 0. The molecule has 3 spiro atoms. The molecular formula is C60H84O18. The van der Waals surface area contributed by atoms with E-state index in [9.17, 15) is 14.7 Å². The summed E-state index contributed by atoms with van der Waals surface area (Å²) in [5, 5.41) is 11.0. The number of ether oxygens (including phenoxy) is 15. The minimum Gasteiger partial charge on any atom is -0.459 e. The highest BCUT2D eigenvalue weighted by Crippen LogP contribution is 2.58. The fourth-order valence-corrected chi connectivity index (χ4v) is 18.1. The van der Waals surface area contributed by atoms with Crippen molar-refractivity contribution in [1.29, 1.82) is 0 Å². The summed E-state index contributed by atoms with van der Waals surface area (Å²) in [6, 6.07) is 0. The number of rotatable bonds is 2. The van der Waals surface area contributed by atoms with Gasteiger partial charge in [-0.05, 0) is 80.8 Å². The second kappa shape index (κ2) is 19.5. The maximum Gasteiger partial charge on any atom is 0.308 e. The van der Waals surface area contributed by atoms with Crippen LogP contribution in [-0.4, -0.2) is 181 Å². The predicted molar refractivity (Wildman–Crippen MR) is 271 cm³/mol. The van der Waals surface area contributed by atoms with Gasteiger partial charge in [0.1, 0.15) is 42.4 Å². The number of hydrogen-bond donors (Lipinski definition) is 1. The Labute approximate surface area is 458 Å². The van der Waals surface area contributed by atoms with Gasteiger partial charge in [0.25, 0.3) is 0 Å². The summed E-state index contributed by atoms with van der Waals surface area (Å²) in [6.07, 6.45) is 3.38. The first-order valence-electron chi connectivity index (χ1n) is 30.5. The number of esters is 1. The van der Waals surface area contributed by atoms with Crippen molar-refractivity contribution in [3.05, 3.63) is 24.3 Å². The highest BCUT2D eigenvalue weighted by molar-refractivity contribution is 5.76. The second-order valence-electron chi connectivity index (χ2n) is 27.4. The molecule has 12 bridgehead atoms. The highest BCUT2D eigenvalue weighted by atomic mass is 16.8. The maximum atomic E-state index is 14.6. The van der Waals surface area contributed by atoms with Gasteiger partial charge < -0.3 is 76.2 Å². The first-order chi connectivity index (χ1) is 37.4. The van der Waals surface area contributed by atoms with Gasteiger partial charge >= 0.3 is 5.97 Å². The van der Waals surface area contributed by atoms with E-state index in [0.717, 1.165) is 49.7 Å². The molecule has 0 saturated carbocycles. The minimum atomic E-state index is -0.919. The van der Waals surface area contributed by atoms with Crippen LogP contribution in [0.15, 0.2) is 24.3 Å². The van der Waals surface area contributed by atoms with Gasteiger partial charge in [-0.25, -0.2) is 0 Å². The zero-order valence-corrected chi connectivity index (χ0v) is 46.2. The summed E-state index contributed by atoms with van der Waals surface area (Å²) >= 11 is 0. The molecule has 0 radical (unpaired) electrons. The average Bonchev–Trinajstić information content (AvgIpc) is 4.15. The van der Waals surface area contributed by atoms with Crippen LogP contribution in [0.5, 0.6) is 0 Å². The van der Waals surface area contributed by atoms with E-state index < -0.39 is 60.1 Å². The van der Waals surface area contributed by atoms with E-state index in [1.807, 2.05) is 0 Å². The molecule has 0 aliphatic carbocycles. The van der Waals surface area contributed by atoms with Gasteiger partial charge in [-0.15, -0.1) is 0 Å². The average molecular weight is 1090 g/mol. The summed E-state index contributed by atoms with van der Waals surface area (Å²) in [4.78, 5) is 26.6. The number of fused-ring (bicyclic) bond motifs is 10. The lowest BCUT2D eigenvalue weighted by Gasteiger charge is -2.54. The Balaban J connectivity index is 0.661. The molecule has 16 rings (SSSR count). The van der Waals surface area contributed by atoms with Crippen LogP contribution in [0.2, 0.25) is 0 Å². The van der Waals surface area contributed by atoms with Gasteiger partial charge in [-0.2, -0.15) is 0 Å². The summed E-state index contributed by atoms with van der Waals surface area (Å²) in [5.74, 6) is -2.77. The molecule has 432 valence electrons. The Kier molecular flexibility index (Phi) is 13.2. The van der Waals surface area contributed by atoms with Crippen molar-refractivity contribution >= 4 is 11.8 Å².